The van der Waals surface area contributed by atoms with Gasteiger partial charge in [0.25, 0.3) is 0 Å². The number of rotatable bonds is 17. The molecule has 0 fully saturated rings. The minimum Gasteiger partial charge on any atom is -0.550 e. The average Bonchev–Trinajstić information content (AvgIpc) is 2.73. The number of nitrogens with zero attached hydrogens (tertiary/aromatic N) is 3. The second-order valence-corrected chi connectivity index (χ2v) is 10.9. The predicted molar refractivity (Wildman–Crippen MR) is 137 cm³/mol. The number of aliphatic hydroxyl groups is 7. The highest BCUT2D eigenvalue weighted by Crippen LogP contribution is 2.13. The molecule has 0 bridgehead atoms. The molecule has 0 heterocycles. The number of aliphatic carboxylic acids is 3. The maximum absolute atomic E-state index is 10.1. The lowest BCUT2D eigenvalue weighted by Gasteiger charge is -2.29. The fourth-order valence-corrected chi connectivity index (χ4v) is 2.64. The van der Waals surface area contributed by atoms with Crippen molar-refractivity contribution in [2.45, 2.75) is 18.4 Å². The van der Waals surface area contributed by atoms with E-state index < -0.39 is 36.4 Å². The van der Waals surface area contributed by atoms with Gasteiger partial charge in [0.1, 0.15) is 44.9 Å². The second-order valence-electron chi connectivity index (χ2n) is 10.9. The van der Waals surface area contributed by atoms with E-state index in [1.165, 1.54) is 0 Å². The predicted octanol–water partition coefficient (Wildman–Crippen LogP) is -8.11. The van der Waals surface area contributed by atoms with Gasteiger partial charge in [0, 0.05) is 24.8 Å². The van der Waals surface area contributed by atoms with Crippen molar-refractivity contribution in [3.63, 3.8) is 0 Å². The first-order valence-corrected chi connectivity index (χ1v) is 12.6. The highest BCUT2D eigenvalue weighted by atomic mass is 16.4. The van der Waals surface area contributed by atoms with Crippen LogP contribution in [0.15, 0.2) is 0 Å². The second kappa shape index (κ2) is 23.7. The van der Waals surface area contributed by atoms with Gasteiger partial charge in [0.05, 0.1) is 87.9 Å². The van der Waals surface area contributed by atoms with Crippen LogP contribution in [0.1, 0.15) is 12.8 Å². The summed E-state index contributed by atoms with van der Waals surface area (Å²) in [7, 11) is 11.9. The van der Waals surface area contributed by atoms with Crippen molar-refractivity contribution < 1.29 is 78.9 Å². The number of hydrogen-bond acceptors (Lipinski definition) is 13. The number of aliphatic hydroxyl groups excluding tert-OH is 6. The number of likely N-dealkylation sites (N-methyl/N-ethyl adjacent to an activating group) is 3. The maximum atomic E-state index is 10.1. The maximum Gasteiger partial charge on any atom is 0.114 e. The Hall–Kier alpha value is -1.99. The monoisotopic (exact) mass is 591 g/mol. The number of hydrogen-bond donors (Lipinski definition) is 7. The van der Waals surface area contributed by atoms with Gasteiger partial charge in [-0.1, -0.05) is 0 Å². The number of quaternary nitrogens is 3. The third-order valence-electron chi connectivity index (χ3n) is 5.49. The van der Waals surface area contributed by atoms with Gasteiger partial charge in [-0.05, 0) is 0 Å². The molecule has 0 spiro atoms. The molecular formula is C24H53N3O13. The molecule has 40 heavy (non-hydrogen) atoms. The first-order chi connectivity index (χ1) is 18.1. The van der Waals surface area contributed by atoms with Crippen LogP contribution in [-0.4, -0.2) is 194 Å². The molecule has 16 nitrogen and oxygen atoms in total. The molecular weight excluding hydrogens is 538 g/mol. The molecule has 242 valence electrons. The molecule has 0 aliphatic carbocycles. The van der Waals surface area contributed by atoms with Crippen molar-refractivity contribution in [1.29, 1.82) is 0 Å². The van der Waals surface area contributed by atoms with Crippen molar-refractivity contribution >= 4 is 17.9 Å². The molecule has 0 aromatic heterocycles. The molecule has 0 unspecified atom stereocenters. The Bertz CT molecular complexity index is 587. The standard InChI is InChI=1S/3C6H16NO2.C6H8O7/c3*1-7(2,3-5-8)4-6-9;7-3(8)1-6(13,5(11)12)2-4(9)10/h3*8-9H,3-6H2,1-2H3;13H,1-2H2,(H,7,8)(H,9,10)(H,11,12)/q3*+1;/p-3. The number of carbonyl (C=O) groups excluding carboxylic acids is 3. The molecule has 0 aromatic rings. The van der Waals surface area contributed by atoms with Crippen LogP contribution in [0.4, 0.5) is 0 Å². The first kappa shape index (κ1) is 45.0. The van der Waals surface area contributed by atoms with Crippen molar-refractivity contribution in [2.75, 3.05) is 121 Å². The molecule has 0 atom stereocenters. The van der Waals surface area contributed by atoms with Crippen LogP contribution in [0, 0.1) is 0 Å². The summed E-state index contributed by atoms with van der Waals surface area (Å²) in [6.45, 7) is 5.38. The molecule has 16 heteroatoms. The van der Waals surface area contributed by atoms with E-state index in [-0.39, 0.29) is 39.6 Å². The van der Waals surface area contributed by atoms with Crippen LogP contribution >= 0.6 is 0 Å². The largest absolute Gasteiger partial charge is 0.550 e. The van der Waals surface area contributed by atoms with Crippen molar-refractivity contribution in [3.05, 3.63) is 0 Å². The van der Waals surface area contributed by atoms with Gasteiger partial charge < -0.3 is 78.9 Å². The Morgan fingerprint density at radius 2 is 0.675 bits per heavy atom. The lowest BCUT2D eigenvalue weighted by Crippen LogP contribution is -2.54. The number of carboxylic acids is 3. The summed E-state index contributed by atoms with van der Waals surface area (Å²) in [5.74, 6) is -5.98. The van der Waals surface area contributed by atoms with Gasteiger partial charge in [-0.25, -0.2) is 0 Å². The Kier molecular flexibility index (Phi) is 26.7. The Morgan fingerprint density at radius 3 is 0.775 bits per heavy atom. The van der Waals surface area contributed by atoms with Gasteiger partial charge in [0.2, 0.25) is 0 Å². The van der Waals surface area contributed by atoms with Crippen molar-refractivity contribution in [3.8, 4) is 0 Å². The topological polar surface area (TPSA) is 262 Å². The van der Waals surface area contributed by atoms with E-state index in [0.29, 0.717) is 52.7 Å². The fourth-order valence-electron chi connectivity index (χ4n) is 2.64. The fraction of sp³-hybridized carbons (Fsp3) is 0.875. The summed E-state index contributed by atoms with van der Waals surface area (Å²) < 4.78 is 2.06. The summed E-state index contributed by atoms with van der Waals surface area (Å²) in [5, 5.41) is 90.1. The third kappa shape index (κ3) is 30.6. The zero-order valence-electron chi connectivity index (χ0n) is 24.8. The highest BCUT2D eigenvalue weighted by molar-refractivity contribution is 5.86. The van der Waals surface area contributed by atoms with Crippen LogP contribution < -0.4 is 15.3 Å². The van der Waals surface area contributed by atoms with E-state index >= 15 is 0 Å². The van der Waals surface area contributed by atoms with Gasteiger partial charge in [-0.3, -0.25) is 0 Å². The average molecular weight is 592 g/mol. The van der Waals surface area contributed by atoms with Gasteiger partial charge >= 0.3 is 0 Å². The van der Waals surface area contributed by atoms with Crippen LogP contribution in [0.3, 0.4) is 0 Å². The number of carboxylic acid groups (broad SMARTS) is 3. The summed E-state index contributed by atoms with van der Waals surface area (Å²) in [6, 6.07) is 0. The third-order valence-corrected chi connectivity index (χ3v) is 5.49. The summed E-state index contributed by atoms with van der Waals surface area (Å²) in [4.78, 5) is 30.0. The lowest BCUT2D eigenvalue weighted by molar-refractivity contribution is -0.890. The Labute approximate surface area is 236 Å². The van der Waals surface area contributed by atoms with E-state index in [2.05, 4.69) is 0 Å². The zero-order valence-corrected chi connectivity index (χ0v) is 24.8. The summed E-state index contributed by atoms with van der Waals surface area (Å²) in [5.41, 5.74) is -2.97. The Morgan fingerprint density at radius 1 is 0.500 bits per heavy atom. The molecule has 0 saturated carbocycles. The van der Waals surface area contributed by atoms with Crippen LogP contribution in [0.5, 0.6) is 0 Å². The van der Waals surface area contributed by atoms with E-state index in [1.807, 2.05) is 42.3 Å². The summed E-state index contributed by atoms with van der Waals surface area (Å²) in [6.07, 6.45) is -2.72. The lowest BCUT2D eigenvalue weighted by atomic mass is 9.96. The number of carbonyl (C=O) groups is 3. The van der Waals surface area contributed by atoms with Gasteiger partial charge in [0.15, 0.2) is 0 Å². The summed E-state index contributed by atoms with van der Waals surface area (Å²) >= 11 is 0. The Balaban J connectivity index is -0.000000219. The van der Waals surface area contributed by atoms with E-state index in [1.54, 1.807) is 0 Å². The van der Waals surface area contributed by atoms with Crippen LogP contribution in [0.2, 0.25) is 0 Å². The molecule has 0 aromatic carbocycles. The normalized spacial score (nSPS) is 11.6. The van der Waals surface area contributed by atoms with Crippen LogP contribution in [-0.2, 0) is 14.4 Å². The van der Waals surface area contributed by atoms with Gasteiger partial charge in [-0.15, -0.1) is 0 Å². The quantitative estimate of drug-likeness (QED) is 0.0776. The van der Waals surface area contributed by atoms with E-state index in [0.717, 1.165) is 0 Å². The molecule has 0 aliphatic rings. The van der Waals surface area contributed by atoms with Crippen molar-refractivity contribution in [2.24, 2.45) is 0 Å². The molecule has 0 radical (unpaired) electrons. The first-order valence-electron chi connectivity index (χ1n) is 12.6. The zero-order chi connectivity index (χ0) is 32.6. The SMILES string of the molecule is C[N+](C)(CCO)CCO.C[N+](C)(CCO)CCO.C[N+](C)(CCO)CCO.O=C([O-])CC(O)(CC(=O)[O-])C(=O)[O-]. The van der Waals surface area contributed by atoms with Gasteiger partial charge in [-0.2, -0.15) is 0 Å². The van der Waals surface area contributed by atoms with E-state index in [4.69, 9.17) is 35.7 Å². The minimum atomic E-state index is -2.97. The highest BCUT2D eigenvalue weighted by Gasteiger charge is 2.29. The molecule has 0 saturated heterocycles. The molecule has 0 rings (SSSR count). The molecule has 7 N–H and O–H groups in total. The molecule has 0 amide bonds. The smallest absolute Gasteiger partial charge is 0.114 e. The minimum absolute atomic E-state index is 0.188. The van der Waals surface area contributed by atoms with Crippen LogP contribution in [0.25, 0.3) is 0 Å². The van der Waals surface area contributed by atoms with Crippen molar-refractivity contribution in [1.82, 2.24) is 0 Å². The molecule has 0 aliphatic heterocycles. The van der Waals surface area contributed by atoms with E-state index in [9.17, 15) is 29.7 Å².